The first-order valence-electron chi connectivity index (χ1n) is 7.09. The number of aryl methyl sites for hydroxylation is 1. The molecule has 1 aliphatic carbocycles. The van der Waals surface area contributed by atoms with E-state index in [4.69, 9.17) is 10.5 Å². The average Bonchev–Trinajstić information content (AvgIpc) is 3.15. The Labute approximate surface area is 115 Å². The predicted octanol–water partition coefficient (Wildman–Crippen LogP) is 1.17. The molecule has 0 aliphatic heterocycles. The Morgan fingerprint density at radius 2 is 2.32 bits per heavy atom. The zero-order valence-corrected chi connectivity index (χ0v) is 12.2. The molecule has 2 N–H and O–H groups in total. The maximum absolute atomic E-state index is 6.30. The third kappa shape index (κ3) is 4.03. The van der Waals surface area contributed by atoms with Crippen LogP contribution in [0.5, 0.6) is 0 Å². The second-order valence-corrected chi connectivity index (χ2v) is 5.62. The van der Waals surface area contributed by atoms with Crippen LogP contribution < -0.4 is 5.73 Å². The summed E-state index contributed by atoms with van der Waals surface area (Å²) in [5.74, 6) is 0.845. The first-order valence-corrected chi connectivity index (χ1v) is 7.09. The van der Waals surface area contributed by atoms with Gasteiger partial charge in [-0.25, -0.2) is 0 Å². The molecule has 19 heavy (non-hydrogen) atoms. The van der Waals surface area contributed by atoms with Crippen LogP contribution in [0.1, 0.15) is 31.4 Å². The minimum absolute atomic E-state index is 0.0201. The van der Waals surface area contributed by atoms with Crippen LogP contribution in [0.4, 0.5) is 0 Å². The third-order valence-electron chi connectivity index (χ3n) is 4.05. The van der Waals surface area contributed by atoms with E-state index >= 15 is 0 Å². The fraction of sp³-hybridized carbons (Fsp3) is 0.786. The number of ether oxygens (including phenoxy) is 1. The van der Waals surface area contributed by atoms with Gasteiger partial charge in [0.2, 0.25) is 0 Å². The number of methoxy groups -OCH3 is 1. The van der Waals surface area contributed by atoms with E-state index in [-0.39, 0.29) is 6.04 Å². The van der Waals surface area contributed by atoms with Crippen LogP contribution in [0, 0.1) is 5.92 Å². The molecule has 1 aromatic rings. The van der Waals surface area contributed by atoms with Crippen molar-refractivity contribution in [3.05, 3.63) is 18.0 Å². The van der Waals surface area contributed by atoms with Crippen LogP contribution >= 0.6 is 0 Å². The Hall–Kier alpha value is -0.910. The molecule has 0 bridgehead atoms. The van der Waals surface area contributed by atoms with Crippen molar-refractivity contribution in [3.63, 3.8) is 0 Å². The molecule has 0 saturated heterocycles. The lowest BCUT2D eigenvalue weighted by Gasteiger charge is -2.31. The van der Waals surface area contributed by atoms with Crippen LogP contribution in [0.3, 0.4) is 0 Å². The fourth-order valence-electron chi connectivity index (χ4n) is 2.54. The molecule has 0 spiro atoms. The first-order chi connectivity index (χ1) is 9.11. The summed E-state index contributed by atoms with van der Waals surface area (Å²) in [6.45, 7) is 4.88. The fourth-order valence-corrected chi connectivity index (χ4v) is 2.54. The zero-order chi connectivity index (χ0) is 13.8. The van der Waals surface area contributed by atoms with Gasteiger partial charge in [0.25, 0.3) is 0 Å². The minimum atomic E-state index is 0.0201. The van der Waals surface area contributed by atoms with Crippen molar-refractivity contribution in [1.82, 2.24) is 14.7 Å². The van der Waals surface area contributed by atoms with Gasteiger partial charge >= 0.3 is 0 Å². The maximum atomic E-state index is 6.30. The largest absolute Gasteiger partial charge is 0.383 e. The van der Waals surface area contributed by atoms with Crippen LogP contribution in [-0.4, -0.2) is 47.5 Å². The maximum Gasteiger partial charge on any atom is 0.0589 e. The van der Waals surface area contributed by atoms with Gasteiger partial charge in [-0.3, -0.25) is 9.58 Å². The summed E-state index contributed by atoms with van der Waals surface area (Å²) in [7, 11) is 3.67. The van der Waals surface area contributed by atoms with Gasteiger partial charge in [-0.05, 0) is 25.7 Å². The molecule has 0 aromatic carbocycles. The lowest BCUT2D eigenvalue weighted by molar-refractivity contribution is 0.112. The van der Waals surface area contributed by atoms with E-state index < -0.39 is 0 Å². The number of hydrogen-bond donors (Lipinski definition) is 1. The van der Waals surface area contributed by atoms with Gasteiger partial charge in [0.1, 0.15) is 0 Å². The summed E-state index contributed by atoms with van der Waals surface area (Å²) in [6.07, 6.45) is 6.57. The smallest absolute Gasteiger partial charge is 0.0589 e. The van der Waals surface area contributed by atoms with Crippen molar-refractivity contribution in [3.8, 4) is 0 Å². The summed E-state index contributed by atoms with van der Waals surface area (Å²) in [4.78, 5) is 2.46. The predicted molar refractivity (Wildman–Crippen MR) is 75.8 cm³/mol. The molecule has 2 unspecified atom stereocenters. The van der Waals surface area contributed by atoms with E-state index in [2.05, 4.69) is 16.9 Å². The van der Waals surface area contributed by atoms with Crippen molar-refractivity contribution in [2.75, 3.05) is 26.8 Å². The molecule has 1 fully saturated rings. The number of nitrogens with two attached hydrogens (primary N) is 1. The Bertz CT molecular complexity index is 389. The van der Waals surface area contributed by atoms with Crippen LogP contribution in [-0.2, 0) is 11.8 Å². The standard InChI is InChI=1S/C14H26N4O/c1-11(12-4-5-12)18(6-7-19-3)10-14(15)13-8-16-17(2)9-13/h8-9,11-12,14H,4-7,10,15H2,1-3H3. The van der Waals surface area contributed by atoms with Crippen LogP contribution in [0.15, 0.2) is 12.4 Å². The van der Waals surface area contributed by atoms with Crippen molar-refractivity contribution in [2.24, 2.45) is 18.7 Å². The van der Waals surface area contributed by atoms with Gasteiger partial charge in [0.05, 0.1) is 12.8 Å². The molecule has 5 nitrogen and oxygen atoms in total. The summed E-state index contributed by atoms with van der Waals surface area (Å²) in [5.41, 5.74) is 7.41. The number of aromatic nitrogens is 2. The number of hydrogen-bond acceptors (Lipinski definition) is 4. The monoisotopic (exact) mass is 266 g/mol. The molecule has 1 aliphatic rings. The quantitative estimate of drug-likeness (QED) is 0.767. The first kappa shape index (κ1) is 14.5. The van der Waals surface area contributed by atoms with Crippen molar-refractivity contribution >= 4 is 0 Å². The van der Waals surface area contributed by atoms with Crippen LogP contribution in [0.2, 0.25) is 0 Å². The Morgan fingerprint density at radius 1 is 1.58 bits per heavy atom. The van der Waals surface area contributed by atoms with E-state index in [1.54, 1.807) is 11.8 Å². The van der Waals surface area contributed by atoms with E-state index in [0.717, 1.165) is 31.2 Å². The van der Waals surface area contributed by atoms with E-state index in [1.165, 1.54) is 12.8 Å². The molecular weight excluding hydrogens is 240 g/mol. The topological polar surface area (TPSA) is 56.3 Å². The molecule has 0 radical (unpaired) electrons. The second-order valence-electron chi connectivity index (χ2n) is 5.62. The molecular formula is C14H26N4O. The lowest BCUT2D eigenvalue weighted by Crippen LogP contribution is -2.41. The van der Waals surface area contributed by atoms with E-state index in [9.17, 15) is 0 Å². The van der Waals surface area contributed by atoms with E-state index in [0.29, 0.717) is 6.04 Å². The summed E-state index contributed by atoms with van der Waals surface area (Å²) in [5, 5.41) is 4.19. The highest BCUT2D eigenvalue weighted by Gasteiger charge is 2.32. The number of rotatable bonds is 8. The Morgan fingerprint density at radius 3 is 2.84 bits per heavy atom. The lowest BCUT2D eigenvalue weighted by atomic mass is 10.1. The minimum Gasteiger partial charge on any atom is -0.383 e. The van der Waals surface area contributed by atoms with E-state index in [1.807, 2.05) is 19.4 Å². The second kappa shape index (κ2) is 6.50. The highest BCUT2D eigenvalue weighted by molar-refractivity contribution is 5.10. The van der Waals surface area contributed by atoms with Crippen molar-refractivity contribution < 1.29 is 4.74 Å². The normalized spacial score (nSPS) is 18.8. The molecule has 1 heterocycles. The Balaban J connectivity index is 1.93. The van der Waals surface area contributed by atoms with Gasteiger partial charge < -0.3 is 10.5 Å². The number of nitrogens with zero attached hydrogens (tertiary/aromatic N) is 3. The average molecular weight is 266 g/mol. The molecule has 5 heteroatoms. The highest BCUT2D eigenvalue weighted by atomic mass is 16.5. The molecule has 1 saturated carbocycles. The molecule has 0 amide bonds. The molecule has 2 rings (SSSR count). The highest BCUT2D eigenvalue weighted by Crippen LogP contribution is 2.35. The van der Waals surface area contributed by atoms with Gasteiger partial charge in [0.15, 0.2) is 0 Å². The molecule has 2 atom stereocenters. The van der Waals surface area contributed by atoms with Gasteiger partial charge in [0, 0.05) is 51.1 Å². The summed E-state index contributed by atoms with van der Waals surface area (Å²) in [6, 6.07) is 0.615. The van der Waals surface area contributed by atoms with Crippen molar-refractivity contribution in [1.29, 1.82) is 0 Å². The van der Waals surface area contributed by atoms with Gasteiger partial charge in [-0.2, -0.15) is 5.10 Å². The Kier molecular flexibility index (Phi) is 4.96. The zero-order valence-electron chi connectivity index (χ0n) is 12.2. The summed E-state index contributed by atoms with van der Waals surface area (Å²) < 4.78 is 7.02. The molecule has 108 valence electrons. The van der Waals surface area contributed by atoms with Gasteiger partial charge in [-0.1, -0.05) is 0 Å². The SMILES string of the molecule is COCCN(CC(N)c1cnn(C)c1)C(C)C1CC1. The van der Waals surface area contributed by atoms with Gasteiger partial charge in [-0.15, -0.1) is 0 Å². The molecule has 1 aromatic heterocycles. The van der Waals surface area contributed by atoms with Crippen LogP contribution in [0.25, 0.3) is 0 Å². The van der Waals surface area contributed by atoms with Crippen molar-refractivity contribution in [2.45, 2.75) is 31.8 Å². The summed E-state index contributed by atoms with van der Waals surface area (Å²) >= 11 is 0. The third-order valence-corrected chi connectivity index (χ3v) is 4.05.